The molecule has 0 aliphatic heterocycles. The van der Waals surface area contributed by atoms with Gasteiger partial charge >= 0.3 is 0 Å². The lowest BCUT2D eigenvalue weighted by Gasteiger charge is -2.06. The van der Waals surface area contributed by atoms with E-state index in [1.165, 1.54) is 11.8 Å². The Balaban J connectivity index is 1.89. The van der Waals surface area contributed by atoms with Gasteiger partial charge in [0.15, 0.2) is 11.6 Å². The third kappa shape index (κ3) is 4.66. The summed E-state index contributed by atoms with van der Waals surface area (Å²) in [4.78, 5) is 23.5. The maximum Gasteiger partial charge on any atom is 0.228 e. The topological polar surface area (TPSA) is 72.0 Å². The number of carbonyl (C=O) groups is 2. The zero-order valence-electron chi connectivity index (χ0n) is 12.4. The van der Waals surface area contributed by atoms with Crippen LogP contribution >= 0.6 is 11.8 Å². The van der Waals surface area contributed by atoms with Crippen LogP contribution in [0.3, 0.4) is 0 Å². The smallest absolute Gasteiger partial charge is 0.228 e. The second kappa shape index (κ2) is 7.70. The highest BCUT2D eigenvalue weighted by molar-refractivity contribution is 7.99. The molecule has 2 aromatic rings. The molecule has 0 aliphatic rings. The van der Waals surface area contributed by atoms with E-state index in [2.05, 4.69) is 15.5 Å². The summed E-state index contributed by atoms with van der Waals surface area (Å²) in [6.45, 7) is 3.62. The number of nitrogens with one attached hydrogen (secondary N) is 1. The summed E-state index contributed by atoms with van der Waals surface area (Å²) in [7, 11) is 0. The molecule has 1 aromatic heterocycles. The van der Waals surface area contributed by atoms with Gasteiger partial charge in [-0.25, -0.2) is 0 Å². The van der Waals surface area contributed by atoms with Crippen LogP contribution in [0.1, 0.15) is 24.2 Å². The molecule has 0 atom stereocenters. The van der Waals surface area contributed by atoms with E-state index in [1.54, 1.807) is 24.3 Å². The lowest BCUT2D eigenvalue weighted by molar-refractivity contribution is -0.118. The number of ketones is 1. The van der Waals surface area contributed by atoms with Gasteiger partial charge in [0.2, 0.25) is 5.91 Å². The van der Waals surface area contributed by atoms with Crippen molar-refractivity contribution in [2.45, 2.75) is 18.9 Å². The molecule has 0 fully saturated rings. The fourth-order valence-corrected chi connectivity index (χ4v) is 2.29. The first-order valence-corrected chi connectivity index (χ1v) is 7.90. The number of hydrogen-bond acceptors (Lipinski definition) is 5. The van der Waals surface area contributed by atoms with E-state index in [0.29, 0.717) is 22.2 Å². The summed E-state index contributed by atoms with van der Waals surface area (Å²) < 4.78 is 0. The van der Waals surface area contributed by atoms with Gasteiger partial charge < -0.3 is 5.32 Å². The molecular weight excluding hydrogens is 298 g/mol. The number of rotatable bonds is 6. The minimum absolute atomic E-state index is 0.0459. The molecule has 114 valence electrons. The first kappa shape index (κ1) is 16.2. The van der Waals surface area contributed by atoms with Crippen LogP contribution in [-0.2, 0) is 4.79 Å². The molecule has 0 aliphatic carbocycles. The van der Waals surface area contributed by atoms with Gasteiger partial charge in [-0.2, -0.15) is 0 Å². The fraction of sp³-hybridized carbons (Fsp3) is 0.250. The van der Waals surface area contributed by atoms with E-state index in [4.69, 9.17) is 0 Å². The van der Waals surface area contributed by atoms with Crippen molar-refractivity contribution < 1.29 is 9.59 Å². The van der Waals surface area contributed by atoms with Crippen LogP contribution in [0, 0.1) is 5.92 Å². The number of thioether (sulfide) groups is 1. The van der Waals surface area contributed by atoms with Crippen molar-refractivity contribution >= 4 is 29.3 Å². The number of nitrogens with zero attached hydrogens (tertiary/aromatic N) is 2. The predicted molar refractivity (Wildman–Crippen MR) is 87.0 cm³/mol. The molecule has 5 nitrogen and oxygen atoms in total. The first-order valence-electron chi connectivity index (χ1n) is 6.92. The van der Waals surface area contributed by atoms with Crippen LogP contribution in [0.5, 0.6) is 0 Å². The van der Waals surface area contributed by atoms with Crippen molar-refractivity contribution in [3.8, 4) is 0 Å². The minimum atomic E-state index is -0.112. The Labute approximate surface area is 133 Å². The first-order chi connectivity index (χ1) is 10.6. The molecule has 1 aromatic carbocycles. The Morgan fingerprint density at radius 3 is 2.41 bits per heavy atom. The van der Waals surface area contributed by atoms with Crippen LogP contribution in [-0.4, -0.2) is 27.6 Å². The van der Waals surface area contributed by atoms with E-state index in [9.17, 15) is 9.59 Å². The van der Waals surface area contributed by atoms with Crippen LogP contribution in [0.25, 0.3) is 0 Å². The second-order valence-corrected chi connectivity index (χ2v) is 5.97. The molecule has 6 heteroatoms. The average molecular weight is 315 g/mol. The Bertz CT molecular complexity index is 642. The Hall–Kier alpha value is -2.21. The zero-order valence-corrected chi connectivity index (χ0v) is 13.3. The number of amides is 1. The summed E-state index contributed by atoms with van der Waals surface area (Å²) in [6.07, 6.45) is 0. The highest BCUT2D eigenvalue weighted by atomic mass is 32.2. The number of benzene rings is 1. The Morgan fingerprint density at radius 1 is 1.09 bits per heavy atom. The van der Waals surface area contributed by atoms with Crippen molar-refractivity contribution in [2.75, 3.05) is 11.1 Å². The molecule has 0 radical (unpaired) electrons. The van der Waals surface area contributed by atoms with Gasteiger partial charge in [-0.3, -0.25) is 9.59 Å². The highest BCUT2D eigenvalue weighted by Crippen LogP contribution is 2.17. The Morgan fingerprint density at radius 2 is 1.82 bits per heavy atom. The van der Waals surface area contributed by atoms with E-state index in [1.807, 2.05) is 32.0 Å². The van der Waals surface area contributed by atoms with Crippen LogP contribution in [0.2, 0.25) is 0 Å². The number of anilines is 1. The van der Waals surface area contributed by atoms with Crippen molar-refractivity contribution in [3.05, 3.63) is 48.0 Å². The van der Waals surface area contributed by atoms with E-state index in [0.717, 1.165) is 0 Å². The fourth-order valence-electron chi connectivity index (χ4n) is 1.58. The number of carbonyl (C=O) groups excluding carboxylic acids is 2. The Kier molecular flexibility index (Phi) is 5.66. The lowest BCUT2D eigenvalue weighted by Crippen LogP contribution is -2.18. The predicted octanol–water partition coefficient (Wildman–Crippen LogP) is 3.05. The largest absolute Gasteiger partial charge is 0.309 e. The van der Waals surface area contributed by atoms with Crippen LogP contribution in [0.15, 0.2) is 47.5 Å². The maximum atomic E-state index is 12.0. The van der Waals surface area contributed by atoms with E-state index in [-0.39, 0.29) is 17.6 Å². The average Bonchev–Trinajstić information content (AvgIpc) is 2.54. The third-order valence-electron chi connectivity index (χ3n) is 2.86. The summed E-state index contributed by atoms with van der Waals surface area (Å²) >= 11 is 1.32. The third-order valence-corrected chi connectivity index (χ3v) is 3.78. The molecule has 22 heavy (non-hydrogen) atoms. The number of Topliss-reactive ketones (excluding diaryl/α,β-unsaturated/α-hetero) is 1. The molecular formula is C16H17N3O2S. The number of aromatic nitrogens is 2. The molecule has 2 rings (SSSR count). The second-order valence-electron chi connectivity index (χ2n) is 4.98. The molecule has 0 saturated heterocycles. The quantitative estimate of drug-likeness (QED) is 0.655. The monoisotopic (exact) mass is 315 g/mol. The molecule has 0 saturated carbocycles. The molecule has 0 unspecified atom stereocenters. The van der Waals surface area contributed by atoms with Crippen molar-refractivity contribution in [1.82, 2.24) is 10.2 Å². The van der Waals surface area contributed by atoms with E-state index >= 15 is 0 Å². The van der Waals surface area contributed by atoms with Crippen molar-refractivity contribution in [3.63, 3.8) is 0 Å². The lowest BCUT2D eigenvalue weighted by atomic mass is 10.2. The normalized spacial score (nSPS) is 10.5. The molecule has 0 spiro atoms. The molecule has 1 amide bonds. The zero-order chi connectivity index (χ0) is 15.9. The van der Waals surface area contributed by atoms with Gasteiger partial charge in [0.25, 0.3) is 0 Å². The number of hydrogen-bond donors (Lipinski definition) is 1. The van der Waals surface area contributed by atoms with Gasteiger partial charge in [-0.1, -0.05) is 55.9 Å². The summed E-state index contributed by atoms with van der Waals surface area (Å²) in [5, 5.41) is 11.3. The summed E-state index contributed by atoms with van der Waals surface area (Å²) in [5.41, 5.74) is 0.684. The molecule has 0 bridgehead atoms. The van der Waals surface area contributed by atoms with Gasteiger partial charge in [-0.05, 0) is 12.1 Å². The maximum absolute atomic E-state index is 12.0. The highest BCUT2D eigenvalue weighted by Gasteiger charge is 2.09. The standard InChI is InChI=1S/C16H17N3O2S/c1-11(2)16(21)17-14-8-9-15(19-18-14)22-10-13(20)12-6-4-3-5-7-12/h3-9,11H,10H2,1-2H3,(H,17,18,21). The van der Waals surface area contributed by atoms with Crippen molar-refractivity contribution in [2.24, 2.45) is 5.92 Å². The van der Waals surface area contributed by atoms with Gasteiger partial charge in [0, 0.05) is 11.5 Å². The summed E-state index contributed by atoms with van der Waals surface area (Å²) in [5.74, 6) is 0.548. The summed E-state index contributed by atoms with van der Waals surface area (Å²) in [6, 6.07) is 12.6. The van der Waals surface area contributed by atoms with Crippen molar-refractivity contribution in [1.29, 1.82) is 0 Å². The van der Waals surface area contributed by atoms with Crippen LogP contribution < -0.4 is 5.32 Å². The SMILES string of the molecule is CC(C)C(=O)Nc1ccc(SCC(=O)c2ccccc2)nn1. The van der Waals surface area contributed by atoms with Crippen LogP contribution in [0.4, 0.5) is 5.82 Å². The van der Waals surface area contributed by atoms with Gasteiger partial charge in [0.05, 0.1) is 5.75 Å². The van der Waals surface area contributed by atoms with Gasteiger partial charge in [0.1, 0.15) is 5.03 Å². The molecule has 1 heterocycles. The minimum Gasteiger partial charge on any atom is -0.309 e. The van der Waals surface area contributed by atoms with E-state index < -0.39 is 0 Å². The molecule has 1 N–H and O–H groups in total. The van der Waals surface area contributed by atoms with Gasteiger partial charge in [-0.15, -0.1) is 10.2 Å².